The second kappa shape index (κ2) is 8.39. The fourth-order valence-corrected chi connectivity index (χ4v) is 3.12. The number of hydrogen-bond donors (Lipinski definition) is 2. The summed E-state index contributed by atoms with van der Waals surface area (Å²) >= 11 is 1.48. The molecule has 0 bridgehead atoms. The molecule has 0 atom stereocenters. The number of thiophene rings is 1. The summed E-state index contributed by atoms with van der Waals surface area (Å²) in [5, 5.41) is 9.46. The summed E-state index contributed by atoms with van der Waals surface area (Å²) in [7, 11) is 0. The Hall–Kier alpha value is -3.00. The Balaban J connectivity index is 1.53. The number of benzene rings is 1. The molecule has 0 aliphatic carbocycles. The number of rotatable bonds is 7. The average Bonchev–Trinajstić information content (AvgIpc) is 3.28. The second-order valence-electron chi connectivity index (χ2n) is 5.63. The fraction of sp³-hybridized carbons (Fsp3) is 0.222. The number of carbonyl (C=O) groups is 2. The number of amides is 2. The van der Waals surface area contributed by atoms with Crippen molar-refractivity contribution in [1.82, 2.24) is 20.8 Å². The molecule has 3 aromatic rings. The highest BCUT2D eigenvalue weighted by Gasteiger charge is 2.12. The van der Waals surface area contributed by atoms with Gasteiger partial charge in [-0.05, 0) is 17.7 Å². The van der Waals surface area contributed by atoms with Crippen LogP contribution in [0, 0.1) is 0 Å². The molecule has 2 amide bonds. The third kappa shape index (κ3) is 5.00. The number of nitrogens with zero attached hydrogens (tertiary/aromatic N) is 2. The van der Waals surface area contributed by atoms with E-state index in [1.54, 1.807) is 0 Å². The molecule has 134 valence electrons. The zero-order valence-corrected chi connectivity index (χ0v) is 15.0. The van der Waals surface area contributed by atoms with Crippen molar-refractivity contribution >= 4 is 23.2 Å². The van der Waals surface area contributed by atoms with E-state index in [2.05, 4.69) is 20.8 Å². The van der Waals surface area contributed by atoms with Gasteiger partial charge in [0.15, 0.2) is 0 Å². The third-order valence-electron chi connectivity index (χ3n) is 3.51. The van der Waals surface area contributed by atoms with Crippen LogP contribution in [0.2, 0.25) is 0 Å². The Bertz CT molecular complexity index is 889. The van der Waals surface area contributed by atoms with Gasteiger partial charge in [0.2, 0.25) is 23.5 Å². The van der Waals surface area contributed by atoms with Crippen LogP contribution >= 0.6 is 11.3 Å². The molecule has 0 spiro atoms. The van der Waals surface area contributed by atoms with Gasteiger partial charge in [0.1, 0.15) is 0 Å². The lowest BCUT2D eigenvalue weighted by Gasteiger charge is -2.02. The molecule has 0 unspecified atom stereocenters. The Morgan fingerprint density at radius 1 is 1.08 bits per heavy atom. The summed E-state index contributed by atoms with van der Waals surface area (Å²) in [6, 6.07) is 13.3. The summed E-state index contributed by atoms with van der Waals surface area (Å²) < 4.78 is 5.19. The van der Waals surface area contributed by atoms with Crippen molar-refractivity contribution in [3.05, 3.63) is 58.8 Å². The van der Waals surface area contributed by atoms with Crippen LogP contribution < -0.4 is 10.6 Å². The van der Waals surface area contributed by atoms with Gasteiger partial charge < -0.3 is 15.2 Å². The molecule has 0 aliphatic heterocycles. The van der Waals surface area contributed by atoms with Crippen LogP contribution in [0.5, 0.6) is 0 Å². The normalized spacial score (nSPS) is 10.5. The topological polar surface area (TPSA) is 97.1 Å². The van der Waals surface area contributed by atoms with Crippen molar-refractivity contribution < 1.29 is 14.1 Å². The lowest BCUT2D eigenvalue weighted by Crippen LogP contribution is -2.24. The van der Waals surface area contributed by atoms with E-state index in [1.807, 2.05) is 42.5 Å². The molecule has 8 heteroatoms. The molecule has 2 N–H and O–H groups in total. The fourth-order valence-electron chi connectivity index (χ4n) is 2.25. The van der Waals surface area contributed by atoms with Crippen molar-refractivity contribution in [2.75, 3.05) is 0 Å². The summed E-state index contributed by atoms with van der Waals surface area (Å²) in [5.74, 6) is 0.632. The first-order valence-corrected chi connectivity index (χ1v) is 8.88. The number of carbonyl (C=O) groups excluding carboxylic acids is 2. The Morgan fingerprint density at radius 2 is 1.88 bits per heavy atom. The molecule has 0 radical (unpaired) electrons. The lowest BCUT2D eigenvalue weighted by molar-refractivity contribution is -0.121. The smallest absolute Gasteiger partial charge is 0.246 e. The van der Waals surface area contributed by atoms with Crippen LogP contribution in [0.3, 0.4) is 0 Å². The van der Waals surface area contributed by atoms with Gasteiger partial charge in [0.25, 0.3) is 0 Å². The highest BCUT2D eigenvalue weighted by atomic mass is 32.1. The summed E-state index contributed by atoms with van der Waals surface area (Å²) in [6.45, 7) is 2.13. The van der Waals surface area contributed by atoms with E-state index in [0.717, 1.165) is 15.3 Å². The van der Waals surface area contributed by atoms with Crippen LogP contribution in [0.25, 0.3) is 10.7 Å². The number of hydrogen-bond acceptors (Lipinski definition) is 6. The highest BCUT2D eigenvalue weighted by molar-refractivity contribution is 7.15. The summed E-state index contributed by atoms with van der Waals surface area (Å²) in [5.41, 5.74) is 0.946. The molecule has 3 rings (SSSR count). The number of aromatic nitrogens is 2. The SMILES string of the molecule is CC(=O)NCc1ccc(-c2noc(CNC(=O)Cc3ccccc3)n2)s1. The summed E-state index contributed by atoms with van der Waals surface area (Å²) in [4.78, 5) is 29.1. The standard InChI is InChI=1S/C18H18N4O3S/c1-12(23)19-10-14-7-8-15(26-14)18-21-17(25-22-18)11-20-16(24)9-13-5-3-2-4-6-13/h2-8H,9-11H2,1H3,(H,19,23)(H,20,24). The van der Waals surface area contributed by atoms with E-state index in [9.17, 15) is 9.59 Å². The molecule has 2 heterocycles. The summed E-state index contributed by atoms with van der Waals surface area (Å²) in [6.07, 6.45) is 0.305. The quantitative estimate of drug-likeness (QED) is 0.665. The first kappa shape index (κ1) is 17.8. The highest BCUT2D eigenvalue weighted by Crippen LogP contribution is 2.25. The molecule has 0 saturated carbocycles. The van der Waals surface area contributed by atoms with Crippen LogP contribution in [0.1, 0.15) is 23.3 Å². The van der Waals surface area contributed by atoms with Crippen molar-refractivity contribution in [2.24, 2.45) is 0 Å². The third-order valence-corrected chi connectivity index (χ3v) is 4.59. The monoisotopic (exact) mass is 370 g/mol. The molecular weight excluding hydrogens is 352 g/mol. The minimum Gasteiger partial charge on any atom is -0.351 e. The maximum atomic E-state index is 12.0. The molecule has 0 aliphatic rings. The van der Waals surface area contributed by atoms with Crippen LogP contribution in [0.4, 0.5) is 0 Å². The minimum absolute atomic E-state index is 0.0759. The second-order valence-corrected chi connectivity index (χ2v) is 6.79. The maximum absolute atomic E-state index is 12.0. The van der Waals surface area contributed by atoms with Crippen LogP contribution in [-0.2, 0) is 29.1 Å². The van der Waals surface area contributed by atoms with Crippen molar-refractivity contribution in [2.45, 2.75) is 26.4 Å². The van der Waals surface area contributed by atoms with E-state index in [1.165, 1.54) is 18.3 Å². The Labute approximate surface area is 154 Å². The van der Waals surface area contributed by atoms with E-state index >= 15 is 0 Å². The van der Waals surface area contributed by atoms with Crippen molar-refractivity contribution in [1.29, 1.82) is 0 Å². The van der Waals surface area contributed by atoms with Gasteiger partial charge in [-0.3, -0.25) is 9.59 Å². The van der Waals surface area contributed by atoms with Gasteiger partial charge in [-0.15, -0.1) is 11.3 Å². The molecule has 0 fully saturated rings. The lowest BCUT2D eigenvalue weighted by atomic mass is 10.1. The van der Waals surface area contributed by atoms with Gasteiger partial charge in [-0.2, -0.15) is 4.98 Å². The maximum Gasteiger partial charge on any atom is 0.246 e. The Morgan fingerprint density at radius 3 is 2.65 bits per heavy atom. The average molecular weight is 370 g/mol. The van der Waals surface area contributed by atoms with E-state index < -0.39 is 0 Å². The molecular formula is C18H18N4O3S. The van der Waals surface area contributed by atoms with E-state index in [0.29, 0.717) is 24.7 Å². The van der Waals surface area contributed by atoms with Gasteiger partial charge in [-0.1, -0.05) is 35.5 Å². The van der Waals surface area contributed by atoms with E-state index in [-0.39, 0.29) is 18.4 Å². The largest absolute Gasteiger partial charge is 0.351 e. The Kier molecular flexibility index (Phi) is 5.75. The minimum atomic E-state index is -0.107. The molecule has 26 heavy (non-hydrogen) atoms. The molecule has 7 nitrogen and oxygen atoms in total. The van der Waals surface area contributed by atoms with Crippen molar-refractivity contribution in [3.63, 3.8) is 0 Å². The predicted molar refractivity (Wildman–Crippen MR) is 97.1 cm³/mol. The first-order valence-electron chi connectivity index (χ1n) is 8.07. The first-order chi connectivity index (χ1) is 12.6. The van der Waals surface area contributed by atoms with Crippen LogP contribution in [0.15, 0.2) is 47.0 Å². The van der Waals surface area contributed by atoms with E-state index in [4.69, 9.17) is 4.52 Å². The molecule has 1 aromatic carbocycles. The zero-order chi connectivity index (χ0) is 18.4. The predicted octanol–water partition coefficient (Wildman–Crippen LogP) is 2.29. The van der Waals surface area contributed by atoms with Gasteiger partial charge in [0, 0.05) is 11.8 Å². The van der Waals surface area contributed by atoms with Gasteiger partial charge >= 0.3 is 0 Å². The van der Waals surface area contributed by atoms with Crippen LogP contribution in [-0.4, -0.2) is 22.0 Å². The molecule has 2 aromatic heterocycles. The van der Waals surface area contributed by atoms with Gasteiger partial charge in [0.05, 0.1) is 24.4 Å². The molecule has 0 saturated heterocycles. The van der Waals surface area contributed by atoms with Crippen molar-refractivity contribution in [3.8, 4) is 10.7 Å². The number of nitrogens with one attached hydrogen (secondary N) is 2. The zero-order valence-electron chi connectivity index (χ0n) is 14.2. The van der Waals surface area contributed by atoms with Gasteiger partial charge in [-0.25, -0.2) is 0 Å².